The molecule has 3 rings (SSSR count). The maximum atomic E-state index is 12.6. The minimum absolute atomic E-state index is 0.273. The summed E-state index contributed by atoms with van der Waals surface area (Å²) in [7, 11) is 0. The topological polar surface area (TPSA) is 39.2 Å². The van der Waals surface area contributed by atoms with Gasteiger partial charge in [-0.15, -0.1) is 0 Å². The Bertz CT molecular complexity index is 841. The van der Waals surface area contributed by atoms with Gasteiger partial charge in [-0.3, -0.25) is 4.98 Å². The molecule has 0 aliphatic carbocycles. The Labute approximate surface area is 135 Å². The van der Waals surface area contributed by atoms with Crippen LogP contribution in [-0.4, -0.2) is 11.0 Å². The second-order valence-corrected chi connectivity index (χ2v) is 5.49. The molecule has 0 radical (unpaired) electrons. The van der Waals surface area contributed by atoms with E-state index in [1.54, 1.807) is 0 Å². The SMILES string of the molecule is CCc1nc2ccccc2c(C)c1C(=O)OCc1ccccc1. The van der Waals surface area contributed by atoms with Gasteiger partial charge in [-0.25, -0.2) is 4.79 Å². The number of ether oxygens (including phenoxy) is 1. The van der Waals surface area contributed by atoms with Gasteiger partial charge in [0.1, 0.15) is 6.61 Å². The Hall–Kier alpha value is -2.68. The Morgan fingerprint density at radius 2 is 1.74 bits per heavy atom. The Morgan fingerprint density at radius 1 is 1.04 bits per heavy atom. The number of para-hydroxylation sites is 1. The van der Waals surface area contributed by atoms with E-state index in [1.807, 2.05) is 68.4 Å². The molecule has 0 aliphatic rings. The average Bonchev–Trinajstić information content (AvgIpc) is 2.60. The highest BCUT2D eigenvalue weighted by atomic mass is 16.5. The Balaban J connectivity index is 1.94. The fraction of sp³-hybridized carbons (Fsp3) is 0.200. The van der Waals surface area contributed by atoms with Gasteiger partial charge >= 0.3 is 5.97 Å². The molecule has 0 N–H and O–H groups in total. The standard InChI is InChI=1S/C20H19NO2/c1-3-17-19(14(2)16-11-7-8-12-18(16)21-17)20(22)23-13-15-9-5-4-6-10-15/h4-12H,3,13H2,1-2H3. The van der Waals surface area contributed by atoms with Crippen LogP contribution in [0.5, 0.6) is 0 Å². The molecule has 0 amide bonds. The van der Waals surface area contributed by atoms with Crippen LogP contribution in [0.2, 0.25) is 0 Å². The molecule has 0 aliphatic heterocycles. The van der Waals surface area contributed by atoms with Gasteiger partial charge in [-0.2, -0.15) is 0 Å². The highest BCUT2D eigenvalue weighted by Gasteiger charge is 2.19. The lowest BCUT2D eigenvalue weighted by molar-refractivity contribution is 0.0470. The summed E-state index contributed by atoms with van der Waals surface area (Å²) >= 11 is 0. The molecule has 0 saturated carbocycles. The van der Waals surface area contributed by atoms with Crippen molar-refractivity contribution >= 4 is 16.9 Å². The van der Waals surface area contributed by atoms with Gasteiger partial charge in [0.05, 0.1) is 16.8 Å². The number of pyridine rings is 1. The first kappa shape index (κ1) is 15.2. The monoisotopic (exact) mass is 305 g/mol. The van der Waals surface area contributed by atoms with E-state index in [1.165, 1.54) is 0 Å². The van der Waals surface area contributed by atoms with E-state index < -0.39 is 0 Å². The van der Waals surface area contributed by atoms with Crippen molar-refractivity contribution in [3.63, 3.8) is 0 Å². The second kappa shape index (κ2) is 6.61. The van der Waals surface area contributed by atoms with Crippen LogP contribution in [0.1, 0.15) is 34.1 Å². The predicted octanol–water partition coefficient (Wildman–Crippen LogP) is 4.46. The van der Waals surface area contributed by atoms with Gasteiger partial charge in [0.15, 0.2) is 0 Å². The van der Waals surface area contributed by atoms with Crippen molar-refractivity contribution in [3.05, 3.63) is 77.0 Å². The predicted molar refractivity (Wildman–Crippen MR) is 91.4 cm³/mol. The molecule has 1 heterocycles. The van der Waals surface area contributed by atoms with Gasteiger partial charge in [-0.05, 0) is 30.5 Å². The Kier molecular flexibility index (Phi) is 4.38. The van der Waals surface area contributed by atoms with E-state index in [4.69, 9.17) is 4.74 Å². The summed E-state index contributed by atoms with van der Waals surface area (Å²) in [5.41, 5.74) is 4.22. The van der Waals surface area contributed by atoms with Crippen LogP contribution in [0.4, 0.5) is 0 Å². The van der Waals surface area contributed by atoms with Gasteiger partial charge in [-0.1, -0.05) is 55.5 Å². The number of nitrogens with zero attached hydrogens (tertiary/aromatic N) is 1. The summed E-state index contributed by atoms with van der Waals surface area (Å²) in [5, 5.41) is 0.997. The van der Waals surface area contributed by atoms with Crippen molar-refractivity contribution < 1.29 is 9.53 Å². The highest BCUT2D eigenvalue weighted by molar-refractivity contribution is 5.98. The number of esters is 1. The minimum atomic E-state index is -0.304. The van der Waals surface area contributed by atoms with Crippen LogP contribution >= 0.6 is 0 Å². The normalized spacial score (nSPS) is 10.7. The summed E-state index contributed by atoms with van der Waals surface area (Å²) < 4.78 is 5.51. The third-order valence-corrected chi connectivity index (χ3v) is 3.98. The van der Waals surface area contributed by atoms with Crippen molar-refractivity contribution in [3.8, 4) is 0 Å². The third kappa shape index (κ3) is 3.09. The summed E-state index contributed by atoms with van der Waals surface area (Å²) in [6.07, 6.45) is 0.696. The third-order valence-electron chi connectivity index (χ3n) is 3.98. The number of fused-ring (bicyclic) bond motifs is 1. The van der Waals surface area contributed by atoms with Crippen LogP contribution in [0, 0.1) is 6.92 Å². The zero-order valence-electron chi connectivity index (χ0n) is 13.4. The number of aryl methyl sites for hydroxylation is 2. The van der Waals surface area contributed by atoms with Crippen LogP contribution in [0.3, 0.4) is 0 Å². The molecule has 0 bridgehead atoms. The number of benzene rings is 2. The molecule has 1 aromatic heterocycles. The van der Waals surface area contributed by atoms with E-state index in [2.05, 4.69) is 4.98 Å². The minimum Gasteiger partial charge on any atom is -0.457 e. The number of carbonyl (C=O) groups excluding carboxylic acids is 1. The quantitative estimate of drug-likeness (QED) is 0.668. The lowest BCUT2D eigenvalue weighted by Crippen LogP contribution is -2.12. The van der Waals surface area contributed by atoms with E-state index in [0.717, 1.165) is 27.7 Å². The van der Waals surface area contributed by atoms with Crippen LogP contribution in [0.15, 0.2) is 54.6 Å². The van der Waals surface area contributed by atoms with Crippen molar-refractivity contribution in [2.24, 2.45) is 0 Å². The molecular formula is C20H19NO2. The smallest absolute Gasteiger partial charge is 0.340 e. The second-order valence-electron chi connectivity index (χ2n) is 5.49. The van der Waals surface area contributed by atoms with Crippen molar-refractivity contribution in [2.75, 3.05) is 0 Å². The molecule has 3 aromatic rings. The summed E-state index contributed by atoms with van der Waals surface area (Å²) in [6, 6.07) is 17.6. The maximum absolute atomic E-state index is 12.6. The maximum Gasteiger partial charge on any atom is 0.340 e. The van der Waals surface area contributed by atoms with Gasteiger partial charge in [0.2, 0.25) is 0 Å². The van der Waals surface area contributed by atoms with Crippen LogP contribution < -0.4 is 0 Å². The van der Waals surface area contributed by atoms with Gasteiger partial charge in [0, 0.05) is 5.39 Å². The first-order chi connectivity index (χ1) is 11.2. The van der Waals surface area contributed by atoms with Crippen LogP contribution in [-0.2, 0) is 17.8 Å². The highest BCUT2D eigenvalue weighted by Crippen LogP contribution is 2.24. The van der Waals surface area contributed by atoms with Crippen LogP contribution in [0.25, 0.3) is 10.9 Å². The molecular weight excluding hydrogens is 286 g/mol. The fourth-order valence-corrected chi connectivity index (χ4v) is 2.76. The first-order valence-corrected chi connectivity index (χ1v) is 7.80. The van der Waals surface area contributed by atoms with E-state index in [0.29, 0.717) is 12.0 Å². The molecule has 0 unspecified atom stereocenters. The Morgan fingerprint density at radius 3 is 2.48 bits per heavy atom. The zero-order valence-corrected chi connectivity index (χ0v) is 13.4. The number of rotatable bonds is 4. The van der Waals surface area contributed by atoms with Crippen molar-refractivity contribution in [2.45, 2.75) is 26.9 Å². The van der Waals surface area contributed by atoms with E-state index >= 15 is 0 Å². The molecule has 2 aromatic carbocycles. The zero-order chi connectivity index (χ0) is 16.2. The average molecular weight is 305 g/mol. The summed E-state index contributed by atoms with van der Waals surface area (Å²) in [6.45, 7) is 4.24. The van der Waals surface area contributed by atoms with E-state index in [9.17, 15) is 4.79 Å². The van der Waals surface area contributed by atoms with Gasteiger partial charge < -0.3 is 4.74 Å². The van der Waals surface area contributed by atoms with Gasteiger partial charge in [0.25, 0.3) is 0 Å². The molecule has 3 nitrogen and oxygen atoms in total. The molecule has 3 heteroatoms. The fourth-order valence-electron chi connectivity index (χ4n) is 2.76. The first-order valence-electron chi connectivity index (χ1n) is 7.80. The lowest BCUT2D eigenvalue weighted by Gasteiger charge is -2.13. The number of aromatic nitrogens is 1. The molecule has 0 saturated heterocycles. The summed E-state index contributed by atoms with van der Waals surface area (Å²) in [5.74, 6) is -0.304. The largest absolute Gasteiger partial charge is 0.457 e. The summed E-state index contributed by atoms with van der Waals surface area (Å²) in [4.78, 5) is 17.2. The number of hydrogen-bond acceptors (Lipinski definition) is 3. The molecule has 0 atom stereocenters. The molecule has 23 heavy (non-hydrogen) atoms. The van der Waals surface area contributed by atoms with E-state index in [-0.39, 0.29) is 12.6 Å². The molecule has 116 valence electrons. The van der Waals surface area contributed by atoms with Crippen molar-refractivity contribution in [1.29, 1.82) is 0 Å². The number of carbonyl (C=O) groups is 1. The molecule has 0 fully saturated rings. The molecule has 0 spiro atoms. The van der Waals surface area contributed by atoms with Crippen molar-refractivity contribution in [1.82, 2.24) is 4.98 Å². The number of hydrogen-bond donors (Lipinski definition) is 0. The lowest BCUT2D eigenvalue weighted by atomic mass is 10.0.